The number of allylic oxidation sites excluding steroid dienone is 1. The summed E-state index contributed by atoms with van der Waals surface area (Å²) in [6.45, 7) is 0.233. The summed E-state index contributed by atoms with van der Waals surface area (Å²) >= 11 is 3.47. The second kappa shape index (κ2) is 6.20. The van der Waals surface area contributed by atoms with Crippen molar-refractivity contribution in [2.45, 2.75) is 19.3 Å². The number of hydrogen-bond donors (Lipinski definition) is 0. The molecule has 1 aromatic rings. The van der Waals surface area contributed by atoms with Crippen LogP contribution in [-0.2, 0) is 14.3 Å². The minimum atomic E-state index is -3.37. The SMILES string of the molecule is CS(=O)(=O)OCC1CCCC=C1c1cccc(Br)c1. The lowest BCUT2D eigenvalue weighted by Gasteiger charge is -2.24. The molecule has 0 heterocycles. The number of hydrogen-bond acceptors (Lipinski definition) is 3. The molecule has 1 aromatic carbocycles. The van der Waals surface area contributed by atoms with Gasteiger partial charge in [-0.3, -0.25) is 4.18 Å². The Balaban J connectivity index is 2.19. The maximum atomic E-state index is 11.1. The van der Waals surface area contributed by atoms with Crippen LogP contribution >= 0.6 is 15.9 Å². The summed E-state index contributed by atoms with van der Waals surface area (Å²) in [5, 5.41) is 0. The average Bonchev–Trinajstić information content (AvgIpc) is 2.36. The average molecular weight is 345 g/mol. The van der Waals surface area contributed by atoms with E-state index in [1.54, 1.807) is 0 Å². The maximum absolute atomic E-state index is 11.1. The fourth-order valence-electron chi connectivity index (χ4n) is 2.34. The summed E-state index contributed by atoms with van der Waals surface area (Å²) in [6, 6.07) is 8.08. The van der Waals surface area contributed by atoms with Crippen molar-refractivity contribution < 1.29 is 12.6 Å². The molecule has 0 saturated carbocycles. The third-order valence-corrected chi connectivity index (χ3v) is 4.26. The molecule has 19 heavy (non-hydrogen) atoms. The van der Waals surface area contributed by atoms with E-state index in [-0.39, 0.29) is 12.5 Å². The van der Waals surface area contributed by atoms with Crippen LogP contribution in [0.5, 0.6) is 0 Å². The molecule has 5 heteroatoms. The lowest BCUT2D eigenvalue weighted by molar-refractivity contribution is 0.275. The molecule has 1 aliphatic carbocycles. The fourth-order valence-corrected chi connectivity index (χ4v) is 3.16. The Bertz CT molecular complexity index is 578. The molecule has 104 valence electrons. The number of halogens is 1. The Morgan fingerprint density at radius 3 is 2.89 bits per heavy atom. The van der Waals surface area contributed by atoms with Crippen molar-refractivity contribution in [3.05, 3.63) is 40.4 Å². The van der Waals surface area contributed by atoms with Crippen molar-refractivity contribution >= 4 is 31.6 Å². The number of benzene rings is 1. The van der Waals surface area contributed by atoms with Crippen LogP contribution in [-0.4, -0.2) is 21.3 Å². The molecular formula is C14H17BrO3S. The first-order chi connectivity index (χ1) is 8.96. The number of rotatable bonds is 4. The molecule has 2 rings (SSSR count). The van der Waals surface area contributed by atoms with E-state index in [4.69, 9.17) is 4.18 Å². The molecule has 1 atom stereocenters. The van der Waals surface area contributed by atoms with Crippen LogP contribution in [0.15, 0.2) is 34.8 Å². The van der Waals surface area contributed by atoms with E-state index >= 15 is 0 Å². The largest absolute Gasteiger partial charge is 0.270 e. The Hall–Kier alpha value is -0.650. The maximum Gasteiger partial charge on any atom is 0.264 e. The van der Waals surface area contributed by atoms with Gasteiger partial charge in [0.25, 0.3) is 10.1 Å². The van der Waals surface area contributed by atoms with Crippen LogP contribution in [0.2, 0.25) is 0 Å². The highest BCUT2D eigenvalue weighted by atomic mass is 79.9. The van der Waals surface area contributed by atoms with Crippen molar-refractivity contribution in [2.24, 2.45) is 5.92 Å². The molecule has 0 amide bonds. The van der Waals surface area contributed by atoms with Crippen LogP contribution in [0.25, 0.3) is 5.57 Å². The van der Waals surface area contributed by atoms with Gasteiger partial charge in [0.1, 0.15) is 0 Å². The summed E-state index contributed by atoms with van der Waals surface area (Å²) < 4.78 is 28.2. The lowest BCUT2D eigenvalue weighted by Crippen LogP contribution is -2.17. The van der Waals surface area contributed by atoms with Crippen molar-refractivity contribution in [1.82, 2.24) is 0 Å². The molecule has 1 unspecified atom stereocenters. The Morgan fingerprint density at radius 1 is 1.42 bits per heavy atom. The Morgan fingerprint density at radius 2 is 2.21 bits per heavy atom. The highest BCUT2D eigenvalue weighted by Crippen LogP contribution is 2.33. The van der Waals surface area contributed by atoms with E-state index in [2.05, 4.69) is 34.1 Å². The summed E-state index contributed by atoms with van der Waals surface area (Å²) in [6.07, 6.45) is 6.38. The molecule has 0 fully saturated rings. The van der Waals surface area contributed by atoms with Crippen LogP contribution in [0, 0.1) is 5.92 Å². The highest BCUT2D eigenvalue weighted by Gasteiger charge is 2.21. The predicted octanol–water partition coefficient (Wildman–Crippen LogP) is 3.61. The van der Waals surface area contributed by atoms with Gasteiger partial charge in [0, 0.05) is 10.4 Å². The van der Waals surface area contributed by atoms with E-state index in [1.165, 1.54) is 5.57 Å². The summed E-state index contributed by atoms with van der Waals surface area (Å²) in [7, 11) is -3.37. The van der Waals surface area contributed by atoms with Crippen LogP contribution in [0.1, 0.15) is 24.8 Å². The Labute approximate surface area is 122 Å². The summed E-state index contributed by atoms with van der Waals surface area (Å²) in [5.41, 5.74) is 2.33. The van der Waals surface area contributed by atoms with Gasteiger partial charge in [-0.15, -0.1) is 0 Å². The predicted molar refractivity (Wildman–Crippen MR) is 80.3 cm³/mol. The monoisotopic (exact) mass is 344 g/mol. The molecule has 1 aliphatic rings. The van der Waals surface area contributed by atoms with E-state index < -0.39 is 10.1 Å². The van der Waals surface area contributed by atoms with Gasteiger partial charge in [0.15, 0.2) is 0 Å². The molecule has 0 N–H and O–H groups in total. The molecule has 0 aliphatic heterocycles. The summed E-state index contributed by atoms with van der Waals surface area (Å²) in [5.74, 6) is 0.151. The standard InChI is InChI=1S/C14H17BrO3S/c1-19(16,17)18-10-12-5-2-3-8-14(12)11-6-4-7-13(15)9-11/h4,6-9,12H,2-3,5,10H2,1H3. The van der Waals surface area contributed by atoms with Gasteiger partial charge in [0.2, 0.25) is 0 Å². The third kappa shape index (κ3) is 4.44. The molecule has 0 radical (unpaired) electrons. The minimum Gasteiger partial charge on any atom is -0.270 e. The summed E-state index contributed by atoms with van der Waals surface area (Å²) in [4.78, 5) is 0. The second-order valence-corrected chi connectivity index (χ2v) is 7.35. The molecule has 0 aromatic heterocycles. The Kier molecular flexibility index (Phi) is 4.81. The molecular weight excluding hydrogens is 328 g/mol. The normalized spacial score (nSPS) is 20.1. The minimum absolute atomic E-state index is 0.151. The zero-order chi connectivity index (χ0) is 13.9. The van der Waals surface area contributed by atoms with Crippen molar-refractivity contribution in [3.63, 3.8) is 0 Å². The van der Waals surface area contributed by atoms with Gasteiger partial charge in [-0.05, 0) is 42.5 Å². The zero-order valence-electron chi connectivity index (χ0n) is 10.8. The van der Waals surface area contributed by atoms with Gasteiger partial charge >= 0.3 is 0 Å². The van der Waals surface area contributed by atoms with Crippen molar-refractivity contribution in [1.29, 1.82) is 0 Å². The van der Waals surface area contributed by atoms with E-state index in [9.17, 15) is 8.42 Å². The first kappa shape index (κ1) is 14.8. The molecule has 0 bridgehead atoms. The quantitative estimate of drug-likeness (QED) is 0.783. The van der Waals surface area contributed by atoms with E-state index in [0.717, 1.165) is 35.6 Å². The van der Waals surface area contributed by atoms with Gasteiger partial charge < -0.3 is 0 Å². The van der Waals surface area contributed by atoms with E-state index in [1.807, 2.05) is 12.1 Å². The molecule has 3 nitrogen and oxygen atoms in total. The lowest BCUT2D eigenvalue weighted by atomic mass is 9.84. The van der Waals surface area contributed by atoms with E-state index in [0.29, 0.717) is 0 Å². The highest BCUT2D eigenvalue weighted by molar-refractivity contribution is 9.10. The van der Waals surface area contributed by atoms with Crippen LogP contribution in [0.4, 0.5) is 0 Å². The zero-order valence-corrected chi connectivity index (χ0v) is 13.2. The molecule has 0 spiro atoms. The first-order valence-corrected chi connectivity index (χ1v) is 8.87. The van der Waals surface area contributed by atoms with Crippen molar-refractivity contribution in [3.8, 4) is 0 Å². The van der Waals surface area contributed by atoms with Gasteiger partial charge in [-0.25, -0.2) is 0 Å². The van der Waals surface area contributed by atoms with Gasteiger partial charge in [-0.1, -0.05) is 34.1 Å². The fraction of sp³-hybridized carbons (Fsp3) is 0.429. The molecule has 0 saturated heterocycles. The second-order valence-electron chi connectivity index (χ2n) is 4.79. The van der Waals surface area contributed by atoms with Gasteiger partial charge in [0.05, 0.1) is 12.9 Å². The van der Waals surface area contributed by atoms with Crippen LogP contribution in [0.3, 0.4) is 0 Å². The van der Waals surface area contributed by atoms with Crippen LogP contribution < -0.4 is 0 Å². The third-order valence-electron chi connectivity index (χ3n) is 3.20. The van der Waals surface area contributed by atoms with Gasteiger partial charge in [-0.2, -0.15) is 8.42 Å². The smallest absolute Gasteiger partial charge is 0.264 e. The van der Waals surface area contributed by atoms with Crippen molar-refractivity contribution in [2.75, 3.05) is 12.9 Å². The first-order valence-electron chi connectivity index (χ1n) is 6.26. The topological polar surface area (TPSA) is 43.4 Å².